The maximum atomic E-state index is 13.7. The largest absolute Gasteiger partial charge is 0.481 e. The molecule has 5 heteroatoms. The smallest absolute Gasteiger partial charge is 0.307 e. The van der Waals surface area contributed by atoms with Crippen molar-refractivity contribution in [1.29, 1.82) is 5.26 Å². The van der Waals surface area contributed by atoms with Gasteiger partial charge in [0, 0.05) is 5.39 Å². The van der Waals surface area contributed by atoms with Gasteiger partial charge in [0.15, 0.2) is 0 Å². The standard InChI is InChI=1S/C20H14FNO3/c1-12-15(9-19(23)24)8-14-4-5-16(21)10-18(14)20(12)25-17-6-2-13(11-22)3-7-17/h2-8,10H,9H2,1H3,(H,23,24). The zero-order valence-corrected chi connectivity index (χ0v) is 13.4. The number of ether oxygens (including phenoxy) is 1. The zero-order valence-electron chi connectivity index (χ0n) is 13.4. The van der Waals surface area contributed by atoms with Crippen LogP contribution in [0.5, 0.6) is 11.5 Å². The van der Waals surface area contributed by atoms with Crippen molar-refractivity contribution in [2.24, 2.45) is 0 Å². The topological polar surface area (TPSA) is 70.3 Å². The van der Waals surface area contributed by atoms with Gasteiger partial charge >= 0.3 is 5.97 Å². The summed E-state index contributed by atoms with van der Waals surface area (Å²) in [5, 5.41) is 19.2. The fraction of sp³-hybridized carbons (Fsp3) is 0.100. The Kier molecular flexibility index (Phi) is 4.36. The fourth-order valence-electron chi connectivity index (χ4n) is 2.69. The Hall–Kier alpha value is -3.39. The molecule has 0 spiro atoms. The number of halogens is 1. The van der Waals surface area contributed by atoms with Crippen molar-refractivity contribution in [2.45, 2.75) is 13.3 Å². The lowest BCUT2D eigenvalue weighted by molar-refractivity contribution is -0.136. The Morgan fingerprint density at radius 1 is 1.20 bits per heavy atom. The van der Waals surface area contributed by atoms with E-state index in [0.29, 0.717) is 39.0 Å². The maximum Gasteiger partial charge on any atom is 0.307 e. The highest BCUT2D eigenvalue weighted by atomic mass is 19.1. The van der Waals surface area contributed by atoms with Gasteiger partial charge in [-0.15, -0.1) is 0 Å². The first-order valence-electron chi connectivity index (χ1n) is 7.59. The summed E-state index contributed by atoms with van der Waals surface area (Å²) in [6, 6.07) is 14.6. The zero-order chi connectivity index (χ0) is 18.0. The average molecular weight is 335 g/mol. The van der Waals surface area contributed by atoms with Crippen LogP contribution < -0.4 is 4.74 Å². The lowest BCUT2D eigenvalue weighted by Gasteiger charge is -2.15. The maximum absolute atomic E-state index is 13.7. The van der Waals surface area contributed by atoms with Gasteiger partial charge in [0.25, 0.3) is 0 Å². The molecule has 0 unspecified atom stereocenters. The number of hydrogen-bond acceptors (Lipinski definition) is 3. The van der Waals surface area contributed by atoms with Crippen molar-refractivity contribution >= 4 is 16.7 Å². The number of hydrogen-bond donors (Lipinski definition) is 1. The number of benzene rings is 3. The molecule has 25 heavy (non-hydrogen) atoms. The third-order valence-corrected chi connectivity index (χ3v) is 3.96. The number of nitrogens with zero attached hydrogens (tertiary/aromatic N) is 1. The van der Waals surface area contributed by atoms with Crippen molar-refractivity contribution in [3.05, 3.63) is 71.0 Å². The molecule has 0 heterocycles. The minimum atomic E-state index is -0.950. The number of carboxylic acids is 1. The first-order chi connectivity index (χ1) is 12.0. The summed E-state index contributed by atoms with van der Waals surface area (Å²) < 4.78 is 19.6. The van der Waals surface area contributed by atoms with Gasteiger partial charge in [0.05, 0.1) is 18.1 Å². The molecule has 0 bridgehead atoms. The van der Waals surface area contributed by atoms with Crippen LogP contribution in [-0.4, -0.2) is 11.1 Å². The average Bonchev–Trinajstić information content (AvgIpc) is 2.59. The second kappa shape index (κ2) is 6.62. The monoisotopic (exact) mass is 335 g/mol. The van der Waals surface area contributed by atoms with Gasteiger partial charge in [-0.05, 0) is 59.8 Å². The van der Waals surface area contributed by atoms with Gasteiger partial charge in [-0.25, -0.2) is 4.39 Å². The van der Waals surface area contributed by atoms with Crippen LogP contribution in [0.3, 0.4) is 0 Å². The van der Waals surface area contributed by atoms with E-state index < -0.39 is 11.8 Å². The Bertz CT molecular complexity index is 1000. The minimum Gasteiger partial charge on any atom is -0.481 e. The van der Waals surface area contributed by atoms with E-state index in [1.807, 2.05) is 6.07 Å². The van der Waals surface area contributed by atoms with Crippen LogP contribution in [0, 0.1) is 24.1 Å². The summed E-state index contributed by atoms with van der Waals surface area (Å²) in [6.45, 7) is 1.75. The Balaban J connectivity index is 2.15. The lowest BCUT2D eigenvalue weighted by atomic mass is 9.98. The predicted octanol–water partition coefficient (Wildman–Crippen LogP) is 4.58. The van der Waals surface area contributed by atoms with Gasteiger partial charge in [-0.3, -0.25) is 4.79 Å². The SMILES string of the molecule is Cc1c(CC(=O)O)cc2ccc(F)cc2c1Oc1ccc(C#N)cc1. The van der Waals surface area contributed by atoms with E-state index in [2.05, 4.69) is 0 Å². The summed E-state index contributed by atoms with van der Waals surface area (Å²) in [4.78, 5) is 11.1. The van der Waals surface area contributed by atoms with Crippen LogP contribution in [-0.2, 0) is 11.2 Å². The van der Waals surface area contributed by atoms with Gasteiger partial charge in [-0.1, -0.05) is 12.1 Å². The molecule has 0 aliphatic heterocycles. The van der Waals surface area contributed by atoms with Gasteiger partial charge in [-0.2, -0.15) is 5.26 Å². The van der Waals surface area contributed by atoms with E-state index in [1.54, 1.807) is 43.3 Å². The Morgan fingerprint density at radius 2 is 1.92 bits per heavy atom. The molecule has 0 radical (unpaired) electrons. The molecule has 3 aromatic carbocycles. The molecule has 0 aliphatic carbocycles. The molecular weight excluding hydrogens is 321 g/mol. The van der Waals surface area contributed by atoms with Crippen molar-refractivity contribution in [3.63, 3.8) is 0 Å². The highest BCUT2D eigenvalue weighted by molar-refractivity contribution is 5.92. The Morgan fingerprint density at radius 3 is 2.56 bits per heavy atom. The minimum absolute atomic E-state index is 0.150. The molecule has 0 fully saturated rings. The summed E-state index contributed by atoms with van der Waals surface area (Å²) in [7, 11) is 0. The van der Waals surface area contributed by atoms with Crippen molar-refractivity contribution < 1.29 is 19.0 Å². The molecule has 3 aromatic rings. The normalized spacial score (nSPS) is 10.4. The van der Waals surface area contributed by atoms with E-state index >= 15 is 0 Å². The Labute approximate surface area is 143 Å². The van der Waals surface area contributed by atoms with Crippen LogP contribution in [0.4, 0.5) is 4.39 Å². The van der Waals surface area contributed by atoms with Crippen LogP contribution >= 0.6 is 0 Å². The van der Waals surface area contributed by atoms with E-state index in [4.69, 9.17) is 15.1 Å². The summed E-state index contributed by atoms with van der Waals surface area (Å²) >= 11 is 0. The molecule has 0 saturated carbocycles. The van der Waals surface area contributed by atoms with Crippen molar-refractivity contribution in [1.82, 2.24) is 0 Å². The van der Waals surface area contributed by atoms with E-state index in [1.165, 1.54) is 12.1 Å². The summed E-state index contributed by atoms with van der Waals surface area (Å²) in [6.07, 6.45) is -0.150. The molecule has 0 saturated heterocycles. The molecular formula is C20H14FNO3. The van der Waals surface area contributed by atoms with Crippen LogP contribution in [0.15, 0.2) is 48.5 Å². The number of nitriles is 1. The number of carboxylic acid groups (broad SMARTS) is 1. The first kappa shape index (κ1) is 16.5. The van der Waals surface area contributed by atoms with Crippen molar-refractivity contribution in [3.8, 4) is 17.6 Å². The van der Waals surface area contributed by atoms with Gasteiger partial charge < -0.3 is 9.84 Å². The quantitative estimate of drug-likeness (QED) is 0.758. The van der Waals surface area contributed by atoms with Crippen molar-refractivity contribution in [2.75, 3.05) is 0 Å². The lowest BCUT2D eigenvalue weighted by Crippen LogP contribution is -2.03. The highest BCUT2D eigenvalue weighted by Crippen LogP contribution is 2.36. The van der Waals surface area contributed by atoms with E-state index in [-0.39, 0.29) is 6.42 Å². The summed E-state index contributed by atoms with van der Waals surface area (Å²) in [5.41, 5.74) is 1.75. The third-order valence-electron chi connectivity index (χ3n) is 3.96. The number of aliphatic carboxylic acids is 1. The number of rotatable bonds is 4. The van der Waals surface area contributed by atoms with Gasteiger partial charge in [0.1, 0.15) is 17.3 Å². The van der Waals surface area contributed by atoms with E-state index in [9.17, 15) is 9.18 Å². The molecule has 0 atom stereocenters. The van der Waals surface area contributed by atoms with E-state index in [0.717, 1.165) is 0 Å². The molecule has 0 aromatic heterocycles. The van der Waals surface area contributed by atoms with Crippen LogP contribution in [0.2, 0.25) is 0 Å². The van der Waals surface area contributed by atoms with Crippen LogP contribution in [0.25, 0.3) is 10.8 Å². The van der Waals surface area contributed by atoms with Gasteiger partial charge in [0.2, 0.25) is 0 Å². The summed E-state index contributed by atoms with van der Waals surface area (Å²) in [5.74, 6) is -0.449. The predicted molar refractivity (Wildman–Crippen MR) is 91.2 cm³/mol. The second-order valence-electron chi connectivity index (χ2n) is 5.66. The third kappa shape index (κ3) is 3.43. The number of fused-ring (bicyclic) bond motifs is 1. The molecule has 4 nitrogen and oxygen atoms in total. The van der Waals surface area contributed by atoms with Crippen LogP contribution in [0.1, 0.15) is 16.7 Å². The highest BCUT2D eigenvalue weighted by Gasteiger charge is 2.15. The molecule has 124 valence electrons. The fourth-order valence-corrected chi connectivity index (χ4v) is 2.69. The molecule has 0 amide bonds. The molecule has 0 aliphatic rings. The molecule has 1 N–H and O–H groups in total. The second-order valence-corrected chi connectivity index (χ2v) is 5.66. The first-order valence-corrected chi connectivity index (χ1v) is 7.59. The molecule has 3 rings (SSSR count). The number of carbonyl (C=O) groups is 1.